The van der Waals surface area contributed by atoms with E-state index >= 15 is 0 Å². The van der Waals surface area contributed by atoms with Crippen molar-refractivity contribution in [3.63, 3.8) is 0 Å². The summed E-state index contributed by atoms with van der Waals surface area (Å²) >= 11 is 3.54. The van der Waals surface area contributed by atoms with Gasteiger partial charge < -0.3 is 14.8 Å². The molecule has 2 heterocycles. The lowest BCUT2D eigenvalue weighted by Crippen LogP contribution is -2.33. The van der Waals surface area contributed by atoms with E-state index < -0.39 is 0 Å². The molecule has 2 aromatic carbocycles. The quantitative estimate of drug-likeness (QED) is 0.593. The molecular formula is C23H21BrN4O3. The van der Waals surface area contributed by atoms with Crippen LogP contribution in [0.4, 0.5) is 5.95 Å². The topological polar surface area (TPSA) is 78.3 Å². The van der Waals surface area contributed by atoms with Crippen LogP contribution in [-0.4, -0.2) is 34.8 Å². The van der Waals surface area contributed by atoms with Gasteiger partial charge in [-0.25, -0.2) is 4.68 Å². The van der Waals surface area contributed by atoms with Gasteiger partial charge in [0.15, 0.2) is 17.3 Å². The van der Waals surface area contributed by atoms with E-state index in [1.165, 1.54) is 6.33 Å². The van der Waals surface area contributed by atoms with Gasteiger partial charge in [0.25, 0.3) is 0 Å². The number of methoxy groups -OCH3 is 2. The average Bonchev–Trinajstić information content (AvgIpc) is 3.25. The van der Waals surface area contributed by atoms with Crippen LogP contribution in [-0.2, 0) is 4.79 Å². The number of hydrogen-bond donors (Lipinski definition) is 1. The molecule has 0 radical (unpaired) electrons. The Morgan fingerprint density at radius 3 is 2.68 bits per heavy atom. The molecule has 0 unspecified atom stereocenters. The highest BCUT2D eigenvalue weighted by Crippen LogP contribution is 2.45. The summed E-state index contributed by atoms with van der Waals surface area (Å²) in [5.74, 6) is 2.13. The number of rotatable bonds is 4. The number of nitrogens with zero attached hydrogens (tertiary/aromatic N) is 3. The fraction of sp³-hybridized carbons (Fsp3) is 0.261. The van der Waals surface area contributed by atoms with E-state index in [0.29, 0.717) is 30.3 Å². The first-order valence-corrected chi connectivity index (χ1v) is 10.8. The van der Waals surface area contributed by atoms with Crippen LogP contribution in [0.2, 0.25) is 0 Å². The number of nitrogens with one attached hydrogen (secondary N) is 1. The molecule has 5 rings (SSSR count). The number of carbonyl (C=O) groups is 1. The van der Waals surface area contributed by atoms with E-state index in [2.05, 4.69) is 31.3 Å². The number of Topliss-reactive ketones (excluding diaryl/α,β-unsaturated/α-hetero) is 1. The SMILES string of the molecule is COc1ccc([C@@H]2CC(=O)C3=C(C2)Nc2ncnn2[C@@H]3c2cccc(Br)c2)cc1OC. The first-order valence-electron chi connectivity index (χ1n) is 9.99. The summed E-state index contributed by atoms with van der Waals surface area (Å²) in [5.41, 5.74) is 3.70. The smallest absolute Gasteiger partial charge is 0.226 e. The van der Waals surface area contributed by atoms with Gasteiger partial charge in [-0.2, -0.15) is 10.1 Å². The molecule has 0 amide bonds. The highest BCUT2D eigenvalue weighted by Gasteiger charge is 2.39. The number of anilines is 1. The molecule has 0 spiro atoms. The lowest BCUT2D eigenvalue weighted by atomic mass is 9.78. The Morgan fingerprint density at radius 1 is 1.06 bits per heavy atom. The number of carbonyl (C=O) groups excluding carboxylic acids is 1. The minimum absolute atomic E-state index is 0.0381. The van der Waals surface area contributed by atoms with Crippen molar-refractivity contribution in [2.75, 3.05) is 19.5 Å². The van der Waals surface area contributed by atoms with Gasteiger partial charge >= 0.3 is 0 Å². The number of ether oxygens (including phenoxy) is 2. The Morgan fingerprint density at radius 2 is 1.90 bits per heavy atom. The van der Waals surface area contributed by atoms with Crippen LogP contribution in [0.25, 0.3) is 0 Å². The summed E-state index contributed by atoms with van der Waals surface area (Å²) in [7, 11) is 3.23. The Kier molecular flexibility index (Phi) is 5.02. The summed E-state index contributed by atoms with van der Waals surface area (Å²) in [4.78, 5) is 17.8. The number of ketones is 1. The lowest BCUT2D eigenvalue weighted by molar-refractivity contribution is -0.116. The van der Waals surface area contributed by atoms with Gasteiger partial charge in [0.2, 0.25) is 5.95 Å². The van der Waals surface area contributed by atoms with E-state index in [9.17, 15) is 4.79 Å². The van der Waals surface area contributed by atoms with E-state index in [-0.39, 0.29) is 17.7 Å². The van der Waals surface area contributed by atoms with Crippen molar-refractivity contribution in [3.05, 3.63) is 75.7 Å². The highest BCUT2D eigenvalue weighted by atomic mass is 79.9. The number of aromatic nitrogens is 3. The van der Waals surface area contributed by atoms with Crippen LogP contribution in [0.15, 0.2) is 64.5 Å². The maximum Gasteiger partial charge on any atom is 0.226 e. The minimum atomic E-state index is -0.301. The summed E-state index contributed by atoms with van der Waals surface area (Å²) in [6.07, 6.45) is 2.64. The molecule has 0 fully saturated rings. The normalized spacial score (nSPS) is 20.0. The molecular weight excluding hydrogens is 460 g/mol. The molecule has 2 aliphatic rings. The standard InChI is InChI=1S/C23H21BrN4O3/c1-30-19-7-6-13(11-20(19)31-2)15-9-17-21(18(29)10-15)22(14-4-3-5-16(24)8-14)28-23(27-17)25-12-26-28/h3-8,11-12,15,22H,9-10H2,1-2H3,(H,25,26,27)/t15-,22+/m0/s1. The zero-order valence-electron chi connectivity index (χ0n) is 17.1. The largest absolute Gasteiger partial charge is 0.493 e. The Labute approximate surface area is 188 Å². The van der Waals surface area contributed by atoms with Crippen LogP contribution in [0.3, 0.4) is 0 Å². The van der Waals surface area contributed by atoms with E-state index in [0.717, 1.165) is 26.9 Å². The third-order valence-electron chi connectivity index (χ3n) is 5.91. The van der Waals surface area contributed by atoms with Crippen molar-refractivity contribution in [1.29, 1.82) is 0 Å². The van der Waals surface area contributed by atoms with Gasteiger partial charge in [0, 0.05) is 22.2 Å². The van der Waals surface area contributed by atoms with E-state index in [1.807, 2.05) is 42.5 Å². The van der Waals surface area contributed by atoms with Crippen molar-refractivity contribution >= 4 is 27.7 Å². The maximum absolute atomic E-state index is 13.5. The average molecular weight is 481 g/mol. The molecule has 158 valence electrons. The van der Waals surface area contributed by atoms with Gasteiger partial charge in [0.05, 0.1) is 14.2 Å². The summed E-state index contributed by atoms with van der Waals surface area (Å²) < 4.78 is 13.6. The first kappa shape index (κ1) is 19.8. The van der Waals surface area contributed by atoms with Crippen molar-refractivity contribution in [2.45, 2.75) is 24.8 Å². The Bertz CT molecular complexity index is 1200. The Hall–Kier alpha value is -3.13. The van der Waals surface area contributed by atoms with Crippen molar-refractivity contribution < 1.29 is 14.3 Å². The molecule has 1 aromatic heterocycles. The van der Waals surface area contributed by atoms with E-state index in [4.69, 9.17) is 9.47 Å². The molecule has 31 heavy (non-hydrogen) atoms. The van der Waals surface area contributed by atoms with Crippen LogP contribution in [0.1, 0.15) is 35.9 Å². The highest BCUT2D eigenvalue weighted by molar-refractivity contribution is 9.10. The molecule has 0 saturated heterocycles. The number of benzene rings is 2. The summed E-state index contributed by atoms with van der Waals surface area (Å²) in [5, 5.41) is 7.75. The second-order valence-electron chi connectivity index (χ2n) is 7.65. The fourth-order valence-corrected chi connectivity index (χ4v) is 4.90. The molecule has 2 atom stereocenters. The minimum Gasteiger partial charge on any atom is -0.493 e. The van der Waals surface area contributed by atoms with Crippen molar-refractivity contribution in [2.24, 2.45) is 0 Å². The molecule has 7 nitrogen and oxygen atoms in total. The zero-order valence-corrected chi connectivity index (χ0v) is 18.7. The molecule has 1 N–H and O–H groups in total. The first-order chi connectivity index (χ1) is 15.1. The summed E-state index contributed by atoms with van der Waals surface area (Å²) in [6, 6.07) is 13.5. The monoisotopic (exact) mass is 480 g/mol. The predicted octanol–water partition coefficient (Wildman–Crippen LogP) is 4.47. The van der Waals surface area contributed by atoms with Crippen LogP contribution in [0, 0.1) is 0 Å². The third-order valence-corrected chi connectivity index (χ3v) is 6.40. The molecule has 8 heteroatoms. The van der Waals surface area contributed by atoms with Crippen LogP contribution in [0.5, 0.6) is 11.5 Å². The number of allylic oxidation sites excluding steroid dienone is 2. The fourth-order valence-electron chi connectivity index (χ4n) is 4.48. The van der Waals surface area contributed by atoms with Crippen LogP contribution >= 0.6 is 15.9 Å². The van der Waals surface area contributed by atoms with Crippen LogP contribution < -0.4 is 14.8 Å². The third kappa shape index (κ3) is 3.40. The zero-order chi connectivity index (χ0) is 21.5. The molecule has 1 aliphatic heterocycles. The van der Waals surface area contributed by atoms with Gasteiger partial charge in [-0.3, -0.25) is 4.79 Å². The lowest BCUT2D eigenvalue weighted by Gasteiger charge is -2.35. The molecule has 0 saturated carbocycles. The van der Waals surface area contributed by atoms with Gasteiger partial charge in [-0.1, -0.05) is 34.1 Å². The second-order valence-corrected chi connectivity index (χ2v) is 8.56. The van der Waals surface area contributed by atoms with Crippen molar-refractivity contribution in [1.82, 2.24) is 14.8 Å². The van der Waals surface area contributed by atoms with Crippen molar-refractivity contribution in [3.8, 4) is 11.5 Å². The molecule has 1 aliphatic carbocycles. The second kappa shape index (κ2) is 7.85. The van der Waals surface area contributed by atoms with Gasteiger partial charge in [-0.15, -0.1) is 0 Å². The maximum atomic E-state index is 13.5. The number of hydrogen-bond acceptors (Lipinski definition) is 6. The molecule has 3 aromatic rings. The summed E-state index contributed by atoms with van der Waals surface area (Å²) in [6.45, 7) is 0. The van der Waals surface area contributed by atoms with E-state index in [1.54, 1.807) is 18.9 Å². The predicted molar refractivity (Wildman–Crippen MR) is 119 cm³/mol. The molecule has 0 bridgehead atoms. The van der Waals surface area contributed by atoms with Gasteiger partial charge in [-0.05, 0) is 47.7 Å². The number of fused-ring (bicyclic) bond motifs is 1. The Balaban J connectivity index is 1.56. The number of halogens is 1. The van der Waals surface area contributed by atoms with Gasteiger partial charge in [0.1, 0.15) is 12.4 Å².